The highest BCUT2D eigenvalue weighted by Crippen LogP contribution is 2.27. The maximum absolute atomic E-state index is 11.3. The second-order valence-electron chi connectivity index (χ2n) is 3.49. The Bertz CT molecular complexity index is 620. The first-order chi connectivity index (χ1) is 8.09. The average Bonchev–Trinajstić information content (AvgIpc) is 2.28. The number of hydrogen-bond donors (Lipinski definition) is 1. The van der Waals surface area contributed by atoms with Crippen LogP contribution in [-0.2, 0) is 0 Å². The summed E-state index contributed by atoms with van der Waals surface area (Å²) in [4.78, 5) is 27.7. The SMILES string of the molecule is Cc1[nH]c(=O)nc(-c2ccccc2)c1[N+](=O)[O-]. The third-order valence-electron chi connectivity index (χ3n) is 2.32. The van der Waals surface area contributed by atoms with Gasteiger partial charge in [-0.05, 0) is 6.92 Å². The van der Waals surface area contributed by atoms with Crippen LogP contribution in [0.3, 0.4) is 0 Å². The number of nitrogens with zero attached hydrogens (tertiary/aromatic N) is 2. The zero-order valence-electron chi connectivity index (χ0n) is 9.01. The molecule has 0 aliphatic carbocycles. The Morgan fingerprint density at radius 3 is 2.53 bits per heavy atom. The zero-order valence-corrected chi connectivity index (χ0v) is 9.01. The molecule has 0 radical (unpaired) electrons. The van der Waals surface area contributed by atoms with E-state index in [1.165, 1.54) is 6.92 Å². The van der Waals surface area contributed by atoms with Gasteiger partial charge in [-0.25, -0.2) is 4.79 Å². The molecule has 86 valence electrons. The standard InChI is InChI=1S/C11H9N3O3/c1-7-10(14(16)17)9(13-11(15)12-7)8-5-3-2-4-6-8/h2-6H,1H3,(H,12,13,15). The molecule has 0 aliphatic heterocycles. The van der Waals surface area contributed by atoms with Gasteiger partial charge in [-0.3, -0.25) is 10.1 Å². The van der Waals surface area contributed by atoms with Crippen molar-refractivity contribution in [3.8, 4) is 11.3 Å². The summed E-state index contributed by atoms with van der Waals surface area (Å²) in [5, 5.41) is 11.0. The van der Waals surface area contributed by atoms with Crippen molar-refractivity contribution in [2.24, 2.45) is 0 Å². The molecule has 6 heteroatoms. The Morgan fingerprint density at radius 1 is 1.29 bits per heavy atom. The molecule has 1 N–H and O–H groups in total. The van der Waals surface area contributed by atoms with E-state index >= 15 is 0 Å². The molecular weight excluding hydrogens is 222 g/mol. The number of aromatic amines is 1. The van der Waals surface area contributed by atoms with Gasteiger partial charge in [-0.2, -0.15) is 4.98 Å². The first kappa shape index (κ1) is 11.0. The largest absolute Gasteiger partial charge is 0.346 e. The van der Waals surface area contributed by atoms with Crippen LogP contribution in [0.25, 0.3) is 11.3 Å². The summed E-state index contributed by atoms with van der Waals surface area (Å²) in [7, 11) is 0. The van der Waals surface area contributed by atoms with E-state index in [2.05, 4.69) is 9.97 Å². The highest BCUT2D eigenvalue weighted by Gasteiger charge is 2.21. The average molecular weight is 231 g/mol. The second-order valence-corrected chi connectivity index (χ2v) is 3.49. The van der Waals surface area contributed by atoms with E-state index in [4.69, 9.17) is 0 Å². The molecule has 17 heavy (non-hydrogen) atoms. The van der Waals surface area contributed by atoms with Crippen LogP contribution in [0.2, 0.25) is 0 Å². The molecule has 0 atom stereocenters. The van der Waals surface area contributed by atoms with Crippen LogP contribution in [0.4, 0.5) is 5.69 Å². The summed E-state index contributed by atoms with van der Waals surface area (Å²) in [5.41, 5.74) is 0.0851. The first-order valence-electron chi connectivity index (χ1n) is 4.90. The molecule has 6 nitrogen and oxygen atoms in total. The zero-order chi connectivity index (χ0) is 12.4. The Labute approximate surface area is 96.1 Å². The summed E-state index contributed by atoms with van der Waals surface area (Å²) >= 11 is 0. The molecule has 0 aliphatic rings. The number of H-pyrrole nitrogens is 1. The molecule has 0 saturated heterocycles. The molecule has 2 aromatic rings. The maximum Gasteiger partial charge on any atom is 0.346 e. The molecule has 0 spiro atoms. The normalized spacial score (nSPS) is 10.2. The topological polar surface area (TPSA) is 88.9 Å². The van der Waals surface area contributed by atoms with Gasteiger partial charge < -0.3 is 4.98 Å². The van der Waals surface area contributed by atoms with Gasteiger partial charge in [0.25, 0.3) is 0 Å². The minimum Gasteiger partial charge on any atom is -0.304 e. The lowest BCUT2D eigenvalue weighted by Crippen LogP contribution is -2.15. The molecule has 2 rings (SSSR count). The van der Waals surface area contributed by atoms with Crippen LogP contribution in [-0.4, -0.2) is 14.9 Å². The van der Waals surface area contributed by atoms with Crippen LogP contribution < -0.4 is 5.69 Å². The maximum atomic E-state index is 11.3. The molecule has 1 aromatic carbocycles. The van der Waals surface area contributed by atoms with Crippen molar-refractivity contribution in [3.63, 3.8) is 0 Å². The fourth-order valence-corrected chi connectivity index (χ4v) is 1.60. The number of benzene rings is 1. The van der Waals surface area contributed by atoms with E-state index in [1.54, 1.807) is 30.3 Å². The fourth-order valence-electron chi connectivity index (χ4n) is 1.60. The number of aromatic nitrogens is 2. The summed E-state index contributed by atoms with van der Waals surface area (Å²) in [6, 6.07) is 8.60. The summed E-state index contributed by atoms with van der Waals surface area (Å²) in [5.74, 6) is 0. The third kappa shape index (κ3) is 2.05. The second kappa shape index (κ2) is 4.17. The monoisotopic (exact) mass is 231 g/mol. The minimum absolute atomic E-state index is 0.0943. The molecule has 1 heterocycles. The van der Waals surface area contributed by atoms with E-state index < -0.39 is 10.6 Å². The van der Waals surface area contributed by atoms with Gasteiger partial charge >= 0.3 is 11.4 Å². The molecule has 0 saturated carbocycles. The lowest BCUT2D eigenvalue weighted by atomic mass is 10.1. The molecule has 0 amide bonds. The highest BCUT2D eigenvalue weighted by molar-refractivity contribution is 5.70. The Morgan fingerprint density at radius 2 is 1.94 bits per heavy atom. The number of nitrogens with one attached hydrogen (secondary N) is 1. The fraction of sp³-hybridized carbons (Fsp3) is 0.0909. The predicted molar refractivity (Wildman–Crippen MR) is 61.7 cm³/mol. The van der Waals surface area contributed by atoms with Crippen molar-refractivity contribution in [3.05, 3.63) is 56.6 Å². The van der Waals surface area contributed by atoms with Crippen molar-refractivity contribution >= 4 is 5.69 Å². The van der Waals surface area contributed by atoms with Crippen LogP contribution in [0.5, 0.6) is 0 Å². The highest BCUT2D eigenvalue weighted by atomic mass is 16.6. The van der Waals surface area contributed by atoms with Crippen LogP contribution >= 0.6 is 0 Å². The van der Waals surface area contributed by atoms with Crippen LogP contribution in [0.1, 0.15) is 5.69 Å². The van der Waals surface area contributed by atoms with Gasteiger partial charge in [0.05, 0.1) is 10.6 Å². The molecular formula is C11H9N3O3. The van der Waals surface area contributed by atoms with Crippen molar-refractivity contribution in [2.75, 3.05) is 0 Å². The van der Waals surface area contributed by atoms with E-state index in [1.807, 2.05) is 0 Å². The van der Waals surface area contributed by atoms with E-state index in [0.29, 0.717) is 5.56 Å². The first-order valence-corrected chi connectivity index (χ1v) is 4.90. The Hall–Kier alpha value is -2.50. The predicted octanol–water partition coefficient (Wildman–Crippen LogP) is 1.65. The number of hydrogen-bond acceptors (Lipinski definition) is 4. The summed E-state index contributed by atoms with van der Waals surface area (Å²) in [6.07, 6.45) is 0. The van der Waals surface area contributed by atoms with Crippen molar-refractivity contribution in [1.82, 2.24) is 9.97 Å². The van der Waals surface area contributed by atoms with Gasteiger partial charge in [0.15, 0.2) is 5.69 Å². The number of aryl methyl sites for hydroxylation is 1. The quantitative estimate of drug-likeness (QED) is 0.628. The van der Waals surface area contributed by atoms with E-state index in [-0.39, 0.29) is 17.1 Å². The Kier molecular flexibility index (Phi) is 2.70. The number of nitro groups is 1. The van der Waals surface area contributed by atoms with Gasteiger partial charge in [0, 0.05) is 5.56 Å². The van der Waals surface area contributed by atoms with Crippen LogP contribution in [0.15, 0.2) is 35.1 Å². The van der Waals surface area contributed by atoms with Crippen molar-refractivity contribution < 1.29 is 4.92 Å². The summed E-state index contributed by atoms with van der Waals surface area (Å²) in [6.45, 7) is 1.48. The van der Waals surface area contributed by atoms with Crippen molar-refractivity contribution in [2.45, 2.75) is 6.92 Å². The molecule has 0 bridgehead atoms. The molecule has 0 fully saturated rings. The summed E-state index contributed by atoms with van der Waals surface area (Å²) < 4.78 is 0. The lowest BCUT2D eigenvalue weighted by molar-refractivity contribution is -0.385. The molecule has 1 aromatic heterocycles. The Balaban J connectivity index is 2.77. The van der Waals surface area contributed by atoms with E-state index in [0.717, 1.165) is 0 Å². The van der Waals surface area contributed by atoms with Crippen LogP contribution in [0, 0.1) is 17.0 Å². The lowest BCUT2D eigenvalue weighted by Gasteiger charge is -2.03. The minimum atomic E-state index is -0.591. The van der Waals surface area contributed by atoms with Gasteiger partial charge in [0.2, 0.25) is 0 Å². The smallest absolute Gasteiger partial charge is 0.304 e. The van der Waals surface area contributed by atoms with Gasteiger partial charge in [-0.1, -0.05) is 30.3 Å². The van der Waals surface area contributed by atoms with E-state index in [9.17, 15) is 14.9 Å². The van der Waals surface area contributed by atoms with Crippen molar-refractivity contribution in [1.29, 1.82) is 0 Å². The van der Waals surface area contributed by atoms with Gasteiger partial charge in [0.1, 0.15) is 0 Å². The number of rotatable bonds is 2. The third-order valence-corrected chi connectivity index (χ3v) is 2.32. The molecule has 0 unspecified atom stereocenters. The van der Waals surface area contributed by atoms with Gasteiger partial charge in [-0.15, -0.1) is 0 Å².